The van der Waals surface area contributed by atoms with Gasteiger partial charge in [0.15, 0.2) is 5.58 Å². The molecular formula is C40H43FN6O6. The lowest BCUT2D eigenvalue weighted by atomic mass is 10.0. The Morgan fingerprint density at radius 3 is 2.55 bits per heavy atom. The van der Waals surface area contributed by atoms with Crippen LogP contribution in [0.2, 0.25) is 0 Å². The highest BCUT2D eigenvalue weighted by Crippen LogP contribution is 2.32. The zero-order valence-corrected chi connectivity index (χ0v) is 29.0. The first kappa shape index (κ1) is 37.0. The molecule has 13 heteroatoms. The van der Waals surface area contributed by atoms with Gasteiger partial charge in [-0.15, -0.1) is 0 Å². The molecule has 276 valence electrons. The molecule has 1 atom stereocenters. The van der Waals surface area contributed by atoms with Gasteiger partial charge in [0.05, 0.1) is 6.61 Å². The largest absolute Gasteiger partial charge is 0.493 e. The number of hydrogen-bond acceptors (Lipinski definition) is 10. The summed E-state index contributed by atoms with van der Waals surface area (Å²) in [5.41, 5.74) is 5.23. The number of aromatic nitrogens is 2. The molecule has 1 saturated heterocycles. The zero-order chi connectivity index (χ0) is 36.2. The Morgan fingerprint density at radius 2 is 1.77 bits per heavy atom. The van der Waals surface area contributed by atoms with Crippen LogP contribution in [0, 0.1) is 5.82 Å². The molecule has 0 radical (unpaired) electrons. The smallest absolute Gasteiger partial charge is 0.255 e. The third kappa shape index (κ3) is 8.30. The maximum atomic E-state index is 15.1. The minimum absolute atomic E-state index is 0. The Morgan fingerprint density at radius 1 is 0.962 bits per heavy atom. The highest BCUT2D eigenvalue weighted by atomic mass is 19.1. The molecule has 2 aromatic heterocycles. The molecule has 3 aromatic carbocycles. The normalized spacial score (nSPS) is 15.3. The number of piperidine rings is 1. The van der Waals surface area contributed by atoms with Crippen LogP contribution >= 0.6 is 0 Å². The summed E-state index contributed by atoms with van der Waals surface area (Å²) in [5, 5.41) is 5.70. The summed E-state index contributed by atoms with van der Waals surface area (Å²) in [5.74, 6) is 0.482. The van der Waals surface area contributed by atoms with Gasteiger partial charge in [0, 0.05) is 93.4 Å². The van der Waals surface area contributed by atoms with E-state index < -0.39 is 11.9 Å². The molecule has 12 nitrogen and oxygen atoms in total. The summed E-state index contributed by atoms with van der Waals surface area (Å²) in [6.07, 6.45) is 3.71. The lowest BCUT2D eigenvalue weighted by molar-refractivity contribution is -0.136. The van der Waals surface area contributed by atoms with Crippen molar-refractivity contribution in [2.45, 2.75) is 45.7 Å². The van der Waals surface area contributed by atoms with Crippen LogP contribution < -0.4 is 20.3 Å². The van der Waals surface area contributed by atoms with E-state index in [0.717, 1.165) is 23.5 Å². The Labute approximate surface area is 307 Å². The number of oxazole rings is 1. The van der Waals surface area contributed by atoms with Crippen LogP contribution in [0.5, 0.6) is 5.75 Å². The van der Waals surface area contributed by atoms with Crippen molar-refractivity contribution in [3.63, 3.8) is 0 Å². The number of amides is 3. The van der Waals surface area contributed by atoms with Gasteiger partial charge in [-0.1, -0.05) is 13.5 Å². The molecule has 2 aliphatic heterocycles. The maximum absolute atomic E-state index is 15.1. The number of pyridine rings is 1. The molecule has 0 bridgehead atoms. The van der Waals surface area contributed by atoms with Crippen LogP contribution in [-0.2, 0) is 20.9 Å². The fourth-order valence-electron chi connectivity index (χ4n) is 6.35. The van der Waals surface area contributed by atoms with Crippen molar-refractivity contribution in [3.05, 3.63) is 89.9 Å². The van der Waals surface area contributed by atoms with Gasteiger partial charge in [0.25, 0.3) is 5.91 Å². The van der Waals surface area contributed by atoms with Gasteiger partial charge in [-0.05, 0) is 73.0 Å². The van der Waals surface area contributed by atoms with E-state index >= 15 is 4.39 Å². The van der Waals surface area contributed by atoms with Crippen molar-refractivity contribution in [2.75, 3.05) is 50.7 Å². The number of carbonyl (C=O) groups excluding carboxylic acids is 3. The Hall–Kier alpha value is -5.82. The van der Waals surface area contributed by atoms with Crippen LogP contribution in [0.15, 0.2) is 77.3 Å². The number of benzene rings is 3. The molecule has 1 fully saturated rings. The summed E-state index contributed by atoms with van der Waals surface area (Å²) in [6.45, 7) is 2.59. The van der Waals surface area contributed by atoms with Gasteiger partial charge >= 0.3 is 0 Å². The number of fused-ring (bicyclic) bond motifs is 2. The first-order chi connectivity index (χ1) is 25.2. The minimum Gasteiger partial charge on any atom is -0.493 e. The standard InChI is InChI=1S/C39H39FN6O6.CH4/c1-45(2)35-13-6-25(22-42-35)29-9-5-24(20-31(29)40)38-43-32-11-7-27(21-34(32)52-38)41-15-3-16-50-17-4-18-51-28-8-10-30-26(19-28)23-46(39(30)49)33-12-14-36(47)44-37(33)48;/h5-11,13,19-22,33,41H,3-4,12,14-18,23H2,1-2H3,(H,44,47,48);1H4. The van der Waals surface area contributed by atoms with Crippen LogP contribution in [-0.4, -0.2) is 79.1 Å². The first-order valence-electron chi connectivity index (χ1n) is 17.3. The van der Waals surface area contributed by atoms with Crippen LogP contribution in [0.1, 0.15) is 49.0 Å². The Kier molecular flexibility index (Phi) is 11.3. The van der Waals surface area contributed by atoms with Crippen molar-refractivity contribution in [3.8, 4) is 28.3 Å². The van der Waals surface area contributed by atoms with Crippen molar-refractivity contribution in [1.82, 2.24) is 20.2 Å². The monoisotopic (exact) mass is 722 g/mol. The number of ether oxygens (including phenoxy) is 2. The average molecular weight is 723 g/mol. The predicted octanol–water partition coefficient (Wildman–Crippen LogP) is 6.45. The zero-order valence-electron chi connectivity index (χ0n) is 29.0. The number of halogens is 1. The SMILES string of the molecule is C.CN(C)c1ccc(-c2ccc(-c3nc4ccc(NCCCOCCCOc5ccc6c(c5)CN(C5CCC(=O)NC5=O)C6=O)cc4o3)cc2F)cn1. The Bertz CT molecular complexity index is 2120. The molecule has 3 amide bonds. The summed E-state index contributed by atoms with van der Waals surface area (Å²) in [4.78, 5) is 49.0. The number of carbonyl (C=O) groups is 3. The summed E-state index contributed by atoms with van der Waals surface area (Å²) in [6, 6.07) is 19.0. The molecule has 0 saturated carbocycles. The number of nitrogens with zero attached hydrogens (tertiary/aromatic N) is 4. The Balaban J connectivity index is 0.00000481. The maximum Gasteiger partial charge on any atom is 0.255 e. The van der Waals surface area contributed by atoms with E-state index in [-0.39, 0.29) is 31.5 Å². The summed E-state index contributed by atoms with van der Waals surface area (Å²) >= 11 is 0. The molecule has 53 heavy (non-hydrogen) atoms. The molecule has 7 rings (SSSR count). The molecule has 2 N–H and O–H groups in total. The fraction of sp³-hybridized carbons (Fsp3) is 0.325. The molecule has 2 aliphatic rings. The number of imide groups is 1. The quantitative estimate of drug-likeness (QED) is 0.0972. The number of hydrogen-bond donors (Lipinski definition) is 2. The van der Waals surface area contributed by atoms with Gasteiger partial charge in [0.2, 0.25) is 17.7 Å². The van der Waals surface area contributed by atoms with Crippen LogP contribution in [0.3, 0.4) is 0 Å². The molecule has 1 unspecified atom stereocenters. The highest BCUT2D eigenvalue weighted by Gasteiger charge is 2.39. The second-order valence-corrected chi connectivity index (χ2v) is 13.0. The van der Waals surface area contributed by atoms with Crippen molar-refractivity contribution < 1.29 is 32.7 Å². The third-order valence-corrected chi connectivity index (χ3v) is 9.11. The van der Waals surface area contributed by atoms with Gasteiger partial charge < -0.3 is 29.0 Å². The van der Waals surface area contributed by atoms with E-state index in [1.165, 1.54) is 11.0 Å². The van der Waals surface area contributed by atoms with E-state index in [1.54, 1.807) is 30.5 Å². The van der Waals surface area contributed by atoms with Crippen LogP contribution in [0.4, 0.5) is 15.9 Å². The molecule has 0 spiro atoms. The number of anilines is 2. The molecular weight excluding hydrogens is 679 g/mol. The fourth-order valence-corrected chi connectivity index (χ4v) is 6.35. The lowest BCUT2D eigenvalue weighted by Crippen LogP contribution is -2.52. The highest BCUT2D eigenvalue weighted by molar-refractivity contribution is 6.05. The van der Waals surface area contributed by atoms with Gasteiger partial charge in [-0.3, -0.25) is 19.7 Å². The van der Waals surface area contributed by atoms with E-state index in [1.807, 2.05) is 55.4 Å². The first-order valence-corrected chi connectivity index (χ1v) is 17.3. The molecule has 0 aliphatic carbocycles. The van der Waals surface area contributed by atoms with E-state index in [0.29, 0.717) is 90.7 Å². The van der Waals surface area contributed by atoms with Crippen molar-refractivity contribution >= 4 is 40.3 Å². The van der Waals surface area contributed by atoms with Gasteiger partial charge in [-0.2, -0.15) is 0 Å². The summed E-state index contributed by atoms with van der Waals surface area (Å²) in [7, 11) is 3.81. The third-order valence-electron chi connectivity index (χ3n) is 9.11. The average Bonchev–Trinajstić information content (AvgIpc) is 3.71. The summed E-state index contributed by atoms with van der Waals surface area (Å²) < 4.78 is 32.8. The van der Waals surface area contributed by atoms with E-state index in [4.69, 9.17) is 13.9 Å². The molecule has 5 aromatic rings. The van der Waals surface area contributed by atoms with E-state index in [2.05, 4.69) is 20.6 Å². The van der Waals surface area contributed by atoms with E-state index in [9.17, 15) is 14.4 Å². The minimum atomic E-state index is -0.640. The van der Waals surface area contributed by atoms with Crippen molar-refractivity contribution in [1.29, 1.82) is 0 Å². The topological polar surface area (TPSA) is 139 Å². The lowest BCUT2D eigenvalue weighted by Gasteiger charge is -2.29. The van der Waals surface area contributed by atoms with Gasteiger partial charge in [-0.25, -0.2) is 14.4 Å². The predicted molar refractivity (Wildman–Crippen MR) is 200 cm³/mol. The van der Waals surface area contributed by atoms with Crippen molar-refractivity contribution in [2.24, 2.45) is 0 Å². The van der Waals surface area contributed by atoms with Gasteiger partial charge in [0.1, 0.15) is 28.9 Å². The number of nitrogens with one attached hydrogen (secondary N) is 2. The second-order valence-electron chi connectivity index (χ2n) is 13.0. The second kappa shape index (κ2) is 16.2. The van der Waals surface area contributed by atoms with Crippen LogP contribution in [0.25, 0.3) is 33.7 Å². The molecule has 4 heterocycles. The number of rotatable bonds is 14.